The molecule has 2 amide bonds. The van der Waals surface area contributed by atoms with Gasteiger partial charge in [-0.1, -0.05) is 6.07 Å². The molecule has 1 aliphatic heterocycles. The average molecular weight is 391 g/mol. The van der Waals surface area contributed by atoms with Crippen LogP contribution < -0.4 is 10.2 Å². The molecule has 0 spiro atoms. The van der Waals surface area contributed by atoms with Gasteiger partial charge < -0.3 is 19.9 Å². The molecule has 1 saturated heterocycles. The quantitative estimate of drug-likeness (QED) is 0.783. The molecule has 8 heteroatoms. The second kappa shape index (κ2) is 9.48. The molecule has 1 N–H and O–H groups in total. The first-order valence-electron chi connectivity index (χ1n) is 8.77. The van der Waals surface area contributed by atoms with E-state index in [2.05, 4.69) is 10.2 Å². The molecule has 0 aliphatic carbocycles. The molecule has 6 nitrogen and oxygen atoms in total. The molecule has 0 saturated carbocycles. The fraction of sp³-hybridized carbons (Fsp3) is 0.368. The summed E-state index contributed by atoms with van der Waals surface area (Å²) >= 11 is 1.57. The third-order valence-corrected chi connectivity index (χ3v) is 5.20. The van der Waals surface area contributed by atoms with Crippen molar-refractivity contribution in [3.05, 3.63) is 52.5 Å². The first kappa shape index (κ1) is 19.3. The SMILES string of the molecule is O=C(COCC(=O)N1CCN(c2ccc(F)cc2)CC1)NCc1cccs1. The highest BCUT2D eigenvalue weighted by molar-refractivity contribution is 7.09. The number of amides is 2. The van der Waals surface area contributed by atoms with E-state index in [1.165, 1.54) is 12.1 Å². The molecular formula is C19H22FN3O3S. The van der Waals surface area contributed by atoms with Crippen molar-refractivity contribution in [1.82, 2.24) is 10.2 Å². The first-order chi connectivity index (χ1) is 13.1. The van der Waals surface area contributed by atoms with E-state index in [1.807, 2.05) is 17.5 Å². The molecule has 1 aromatic heterocycles. The predicted molar refractivity (Wildman–Crippen MR) is 102 cm³/mol. The van der Waals surface area contributed by atoms with E-state index in [9.17, 15) is 14.0 Å². The van der Waals surface area contributed by atoms with E-state index in [0.29, 0.717) is 32.7 Å². The number of piperazine rings is 1. The van der Waals surface area contributed by atoms with Crippen molar-refractivity contribution in [2.75, 3.05) is 44.3 Å². The number of rotatable bonds is 7. The van der Waals surface area contributed by atoms with Crippen LogP contribution in [0.5, 0.6) is 0 Å². The highest BCUT2D eigenvalue weighted by Crippen LogP contribution is 2.17. The number of thiophene rings is 1. The van der Waals surface area contributed by atoms with Crippen LogP contribution in [0.25, 0.3) is 0 Å². The second-order valence-corrected chi connectivity index (χ2v) is 7.23. The molecule has 1 fully saturated rings. The molecule has 2 heterocycles. The molecular weight excluding hydrogens is 369 g/mol. The summed E-state index contributed by atoms with van der Waals surface area (Å²) in [5.74, 6) is -0.624. The lowest BCUT2D eigenvalue weighted by atomic mass is 10.2. The number of carbonyl (C=O) groups excluding carboxylic acids is 2. The standard InChI is InChI=1S/C19H22FN3O3S/c20-15-3-5-16(6-4-15)22-7-9-23(10-8-22)19(25)14-26-13-18(24)21-12-17-2-1-11-27-17/h1-6,11H,7-10,12-14H2,(H,21,24). The van der Waals surface area contributed by atoms with E-state index in [0.717, 1.165) is 10.6 Å². The number of nitrogens with zero attached hydrogens (tertiary/aromatic N) is 2. The summed E-state index contributed by atoms with van der Waals surface area (Å²) in [4.78, 5) is 28.9. The highest BCUT2D eigenvalue weighted by Gasteiger charge is 2.21. The summed E-state index contributed by atoms with van der Waals surface area (Å²) < 4.78 is 18.3. The Labute approximate surface area is 161 Å². The van der Waals surface area contributed by atoms with Crippen molar-refractivity contribution in [2.24, 2.45) is 0 Å². The maximum Gasteiger partial charge on any atom is 0.248 e. The van der Waals surface area contributed by atoms with Gasteiger partial charge >= 0.3 is 0 Å². The van der Waals surface area contributed by atoms with Crippen molar-refractivity contribution in [3.63, 3.8) is 0 Å². The van der Waals surface area contributed by atoms with Gasteiger partial charge in [0, 0.05) is 36.7 Å². The lowest BCUT2D eigenvalue weighted by Crippen LogP contribution is -2.50. The van der Waals surface area contributed by atoms with E-state index in [1.54, 1.807) is 28.4 Å². The van der Waals surface area contributed by atoms with Crippen LogP contribution in [0, 0.1) is 5.82 Å². The normalized spacial score (nSPS) is 14.3. The molecule has 27 heavy (non-hydrogen) atoms. The Bertz CT molecular complexity index is 744. The van der Waals surface area contributed by atoms with Crippen LogP contribution in [0.4, 0.5) is 10.1 Å². The number of nitrogens with one attached hydrogen (secondary N) is 1. The summed E-state index contributed by atoms with van der Waals surface area (Å²) in [7, 11) is 0. The maximum absolute atomic E-state index is 13.0. The van der Waals surface area contributed by atoms with Crippen LogP contribution in [0.2, 0.25) is 0 Å². The number of benzene rings is 1. The minimum atomic E-state index is -0.260. The van der Waals surface area contributed by atoms with Crippen LogP contribution in [0.1, 0.15) is 4.88 Å². The fourth-order valence-corrected chi connectivity index (χ4v) is 3.48. The number of hydrogen-bond donors (Lipinski definition) is 1. The fourth-order valence-electron chi connectivity index (χ4n) is 2.84. The van der Waals surface area contributed by atoms with Gasteiger partial charge in [0.15, 0.2) is 0 Å². The average Bonchev–Trinajstić information content (AvgIpc) is 3.21. The number of carbonyl (C=O) groups is 2. The monoisotopic (exact) mass is 391 g/mol. The topological polar surface area (TPSA) is 61.9 Å². The van der Waals surface area contributed by atoms with Gasteiger partial charge in [-0.15, -0.1) is 11.3 Å². The summed E-state index contributed by atoms with van der Waals surface area (Å²) in [6.07, 6.45) is 0. The van der Waals surface area contributed by atoms with Gasteiger partial charge in [0.2, 0.25) is 11.8 Å². The van der Waals surface area contributed by atoms with Crippen molar-refractivity contribution in [3.8, 4) is 0 Å². The van der Waals surface area contributed by atoms with Crippen molar-refractivity contribution in [2.45, 2.75) is 6.54 Å². The van der Waals surface area contributed by atoms with Crippen LogP contribution in [-0.2, 0) is 20.9 Å². The lowest BCUT2D eigenvalue weighted by molar-refractivity contribution is -0.138. The minimum Gasteiger partial charge on any atom is -0.368 e. The van der Waals surface area contributed by atoms with E-state index >= 15 is 0 Å². The molecule has 1 aromatic carbocycles. The Kier molecular flexibility index (Phi) is 6.78. The summed E-state index contributed by atoms with van der Waals surface area (Å²) in [5.41, 5.74) is 0.946. The lowest BCUT2D eigenvalue weighted by Gasteiger charge is -2.36. The molecule has 3 rings (SSSR count). The highest BCUT2D eigenvalue weighted by atomic mass is 32.1. The predicted octanol–water partition coefficient (Wildman–Crippen LogP) is 1.87. The third kappa shape index (κ3) is 5.77. The minimum absolute atomic E-state index is 0.108. The Morgan fingerprint density at radius 2 is 1.81 bits per heavy atom. The van der Waals surface area contributed by atoms with E-state index in [4.69, 9.17) is 4.74 Å². The second-order valence-electron chi connectivity index (χ2n) is 6.19. The third-order valence-electron chi connectivity index (χ3n) is 4.32. The van der Waals surface area contributed by atoms with Gasteiger partial charge in [0.25, 0.3) is 0 Å². The largest absolute Gasteiger partial charge is 0.368 e. The molecule has 1 aliphatic rings. The van der Waals surface area contributed by atoms with Gasteiger partial charge in [-0.2, -0.15) is 0 Å². The van der Waals surface area contributed by atoms with Crippen LogP contribution in [0.3, 0.4) is 0 Å². The molecule has 0 radical (unpaired) electrons. The summed E-state index contributed by atoms with van der Waals surface area (Å²) in [6, 6.07) is 10.2. The van der Waals surface area contributed by atoms with Crippen molar-refractivity contribution >= 4 is 28.8 Å². The van der Waals surface area contributed by atoms with Crippen LogP contribution >= 0.6 is 11.3 Å². The molecule has 2 aromatic rings. The summed E-state index contributed by atoms with van der Waals surface area (Å²) in [5, 5.41) is 4.71. The first-order valence-corrected chi connectivity index (χ1v) is 9.65. The zero-order chi connectivity index (χ0) is 19.1. The van der Waals surface area contributed by atoms with E-state index in [-0.39, 0.29) is 30.8 Å². The van der Waals surface area contributed by atoms with E-state index < -0.39 is 0 Å². The van der Waals surface area contributed by atoms with Crippen molar-refractivity contribution < 1.29 is 18.7 Å². The Morgan fingerprint density at radius 1 is 1.07 bits per heavy atom. The number of halogens is 1. The van der Waals surface area contributed by atoms with Gasteiger partial charge in [0.1, 0.15) is 19.0 Å². The van der Waals surface area contributed by atoms with Crippen molar-refractivity contribution in [1.29, 1.82) is 0 Å². The van der Waals surface area contributed by atoms with Gasteiger partial charge in [0.05, 0.1) is 6.54 Å². The van der Waals surface area contributed by atoms with Crippen LogP contribution in [-0.4, -0.2) is 56.1 Å². The smallest absolute Gasteiger partial charge is 0.248 e. The maximum atomic E-state index is 13.0. The van der Waals surface area contributed by atoms with Gasteiger partial charge in [-0.05, 0) is 35.7 Å². The molecule has 0 atom stereocenters. The van der Waals surface area contributed by atoms with Gasteiger partial charge in [-0.3, -0.25) is 9.59 Å². The zero-order valence-electron chi connectivity index (χ0n) is 14.9. The number of hydrogen-bond acceptors (Lipinski definition) is 5. The number of anilines is 1. The Morgan fingerprint density at radius 3 is 2.48 bits per heavy atom. The molecule has 144 valence electrons. The zero-order valence-corrected chi connectivity index (χ0v) is 15.7. The van der Waals surface area contributed by atoms with Gasteiger partial charge in [-0.25, -0.2) is 4.39 Å². The Hall–Kier alpha value is -2.45. The van der Waals surface area contributed by atoms with Crippen LogP contribution in [0.15, 0.2) is 41.8 Å². The summed E-state index contributed by atoms with van der Waals surface area (Å²) in [6.45, 7) is 2.74. The Balaban J connectivity index is 1.33. The molecule has 0 unspecified atom stereocenters. The molecule has 0 bridgehead atoms. The number of ether oxygens (including phenoxy) is 1.